The van der Waals surface area contributed by atoms with E-state index in [4.69, 9.17) is 4.21 Å². The second-order valence-electron chi connectivity index (χ2n) is 11.3. The van der Waals surface area contributed by atoms with Crippen molar-refractivity contribution in [2.75, 3.05) is 0 Å². The van der Waals surface area contributed by atoms with Crippen molar-refractivity contribution in [2.24, 2.45) is 11.8 Å². The molecule has 2 aromatic rings. The molecule has 6 rings (SSSR count). The van der Waals surface area contributed by atoms with Crippen molar-refractivity contribution in [3.63, 3.8) is 0 Å². The summed E-state index contributed by atoms with van der Waals surface area (Å²) >= 11 is -2.11. The third-order valence-electron chi connectivity index (χ3n) is 9.30. The molecule has 4 aliphatic carbocycles. The van der Waals surface area contributed by atoms with Gasteiger partial charge in [0, 0.05) is 0 Å². The number of fused-ring (bicyclic) bond motifs is 2. The van der Waals surface area contributed by atoms with Crippen molar-refractivity contribution in [1.29, 1.82) is 0 Å². The molecule has 0 aliphatic heterocycles. The second-order valence-corrected chi connectivity index (χ2v) is 17.2. The molecule has 2 unspecified atom stereocenters. The van der Waals surface area contributed by atoms with Gasteiger partial charge in [0.25, 0.3) is 0 Å². The molecule has 190 valence electrons. The van der Waals surface area contributed by atoms with Crippen LogP contribution in [0.3, 0.4) is 0 Å². The maximum atomic E-state index is 5.10. The van der Waals surface area contributed by atoms with Gasteiger partial charge in [-0.1, -0.05) is 0 Å². The summed E-state index contributed by atoms with van der Waals surface area (Å²) in [6, 6.07) is 18.9. The van der Waals surface area contributed by atoms with Crippen molar-refractivity contribution in [3.8, 4) is 0 Å². The minimum absolute atomic E-state index is 0. The molecule has 4 aliphatic rings. The summed E-state index contributed by atoms with van der Waals surface area (Å²) in [5.41, 5.74) is 9.81. The largest absolute Gasteiger partial charge is 1.00 e. The summed E-state index contributed by atoms with van der Waals surface area (Å²) in [6.07, 6.45) is 22.4. The molecule has 0 N–H and O–H groups in total. The average molecular weight is 599 g/mol. The van der Waals surface area contributed by atoms with Gasteiger partial charge in [-0.2, -0.15) is 0 Å². The first kappa shape index (κ1) is 28.3. The van der Waals surface area contributed by atoms with Gasteiger partial charge >= 0.3 is 216 Å². The van der Waals surface area contributed by atoms with Gasteiger partial charge < -0.3 is 24.8 Å². The van der Waals surface area contributed by atoms with Gasteiger partial charge in [-0.05, 0) is 0 Å². The zero-order valence-electron chi connectivity index (χ0n) is 21.5. The summed E-state index contributed by atoms with van der Waals surface area (Å²) in [6.45, 7) is 0. The van der Waals surface area contributed by atoms with Crippen LogP contribution in [0.2, 0.25) is 0 Å². The van der Waals surface area contributed by atoms with Crippen LogP contribution in [0.25, 0.3) is 11.1 Å². The van der Waals surface area contributed by atoms with E-state index in [1.54, 1.807) is 33.4 Å². The van der Waals surface area contributed by atoms with Crippen LogP contribution in [-0.4, -0.2) is 4.21 Å². The molecule has 0 radical (unpaired) electrons. The van der Waals surface area contributed by atoms with Gasteiger partial charge in [0.1, 0.15) is 0 Å². The Morgan fingerprint density at radius 2 is 0.889 bits per heavy atom. The van der Waals surface area contributed by atoms with Crippen LogP contribution in [-0.2, 0) is 21.3 Å². The minimum Gasteiger partial charge on any atom is -1.00 e. The number of allylic oxidation sites excluding steroid dienone is 4. The summed E-state index contributed by atoms with van der Waals surface area (Å²) < 4.78 is 6.35. The molecular weight excluding hydrogens is 558 g/mol. The van der Waals surface area contributed by atoms with Crippen LogP contribution in [0, 0.1) is 11.8 Å². The van der Waals surface area contributed by atoms with Gasteiger partial charge in [0.2, 0.25) is 0 Å². The molecular formula is C33H40Cl2Zr. The summed E-state index contributed by atoms with van der Waals surface area (Å²) in [5, 5.41) is 0. The van der Waals surface area contributed by atoms with E-state index in [0.29, 0.717) is 7.25 Å². The Hall–Kier alpha value is -0.747. The van der Waals surface area contributed by atoms with E-state index in [-0.39, 0.29) is 24.8 Å². The van der Waals surface area contributed by atoms with Crippen molar-refractivity contribution >= 4 is 15.4 Å². The molecule has 36 heavy (non-hydrogen) atoms. The molecule has 0 saturated heterocycles. The molecule has 2 fully saturated rings. The molecule has 0 amide bonds. The Labute approximate surface area is 239 Å². The predicted octanol–water partition coefficient (Wildman–Crippen LogP) is 3.26. The average Bonchev–Trinajstić information content (AvgIpc) is 3.16. The predicted molar refractivity (Wildman–Crippen MR) is 144 cm³/mol. The number of rotatable bonds is 4. The van der Waals surface area contributed by atoms with Crippen molar-refractivity contribution < 1.29 is 46.1 Å². The van der Waals surface area contributed by atoms with E-state index in [0.717, 1.165) is 11.8 Å². The quantitative estimate of drug-likeness (QED) is 0.475. The fourth-order valence-corrected chi connectivity index (χ4v) is 13.6. The number of halogens is 2. The standard InChI is InChI=1S/2C16H19.CH2.2ClH.Zr/c2*1-2-4-8-13(7-3-1)16-12-11-14-9-5-6-10-15(14)16;;;;/h2*5-6,9-13H,1-4,7-8H2;1H2;2*1H;/q;;;;;+2/p-2. The van der Waals surface area contributed by atoms with Crippen LogP contribution in [0.5, 0.6) is 0 Å². The maximum Gasteiger partial charge on any atom is -1.00 e. The van der Waals surface area contributed by atoms with Gasteiger partial charge in [-0.25, -0.2) is 0 Å². The zero-order chi connectivity index (χ0) is 22.9. The third-order valence-corrected chi connectivity index (χ3v) is 15.6. The van der Waals surface area contributed by atoms with E-state index in [1.807, 2.05) is 0 Å². The Morgan fingerprint density at radius 3 is 1.28 bits per heavy atom. The van der Waals surface area contributed by atoms with E-state index in [9.17, 15) is 0 Å². The Balaban J connectivity index is 0.00000152. The first-order chi connectivity index (χ1) is 16.8. The van der Waals surface area contributed by atoms with Crippen molar-refractivity contribution in [2.45, 2.75) is 84.3 Å². The smallest absolute Gasteiger partial charge is 1.00 e. The van der Waals surface area contributed by atoms with Crippen LogP contribution < -0.4 is 24.8 Å². The number of hydrogen-bond donors (Lipinski definition) is 0. The number of hydrogen-bond acceptors (Lipinski definition) is 0. The molecule has 0 heterocycles. The first-order valence-electron chi connectivity index (χ1n) is 14.1. The second kappa shape index (κ2) is 12.9. The van der Waals surface area contributed by atoms with Gasteiger partial charge in [0.05, 0.1) is 0 Å². The molecule has 2 aromatic carbocycles. The summed E-state index contributed by atoms with van der Waals surface area (Å²) in [7, 11) is 0. The fraction of sp³-hybridized carbons (Fsp3) is 0.485. The van der Waals surface area contributed by atoms with Gasteiger partial charge in [-0.3, -0.25) is 0 Å². The van der Waals surface area contributed by atoms with E-state index in [2.05, 4.69) is 60.7 Å². The first-order valence-corrected chi connectivity index (χ1v) is 18.7. The summed E-state index contributed by atoms with van der Waals surface area (Å²) in [5.74, 6) is 1.55. The maximum absolute atomic E-state index is 5.10. The van der Waals surface area contributed by atoms with Crippen LogP contribution >= 0.6 is 0 Å². The van der Waals surface area contributed by atoms with Crippen molar-refractivity contribution in [3.05, 3.63) is 82.9 Å². The summed E-state index contributed by atoms with van der Waals surface area (Å²) in [4.78, 5) is 0. The molecule has 2 saturated carbocycles. The minimum atomic E-state index is -2.11. The molecule has 0 bridgehead atoms. The Morgan fingerprint density at radius 1 is 0.528 bits per heavy atom. The molecule has 3 heteroatoms. The van der Waals surface area contributed by atoms with Crippen molar-refractivity contribution in [1.82, 2.24) is 0 Å². The number of benzene rings is 2. The Kier molecular flexibility index (Phi) is 10.1. The topological polar surface area (TPSA) is 0 Å². The van der Waals surface area contributed by atoms with E-state index < -0.39 is 21.3 Å². The monoisotopic (exact) mass is 596 g/mol. The molecule has 0 spiro atoms. The van der Waals surface area contributed by atoms with Gasteiger partial charge in [0.15, 0.2) is 0 Å². The van der Waals surface area contributed by atoms with Crippen LogP contribution in [0.15, 0.2) is 60.7 Å². The van der Waals surface area contributed by atoms with Crippen LogP contribution in [0.1, 0.15) is 107 Å². The third kappa shape index (κ3) is 5.51. The normalized spacial score (nSPS) is 24.0. The molecule has 0 nitrogen and oxygen atoms in total. The zero-order valence-corrected chi connectivity index (χ0v) is 25.5. The fourth-order valence-electron chi connectivity index (χ4n) is 7.48. The van der Waals surface area contributed by atoms with E-state index in [1.165, 1.54) is 77.0 Å². The Bertz CT molecular complexity index is 1030. The molecule has 2 atom stereocenters. The molecule has 0 aromatic heterocycles. The van der Waals surface area contributed by atoms with Gasteiger partial charge in [-0.15, -0.1) is 0 Å². The van der Waals surface area contributed by atoms with Crippen LogP contribution in [0.4, 0.5) is 0 Å². The van der Waals surface area contributed by atoms with E-state index >= 15 is 0 Å². The SMILES string of the molecule is [CH2]=[Zr+2]([CH]1C=C(C2CCCCCC2)c2ccccc21)[CH]1C=C(C2CCCCCC2)c2ccccc21.[Cl-].[Cl-].